The highest BCUT2D eigenvalue weighted by Crippen LogP contribution is 2.26. The Morgan fingerprint density at radius 1 is 0.810 bits per heavy atom. The molecule has 5 heteroatoms. The quantitative estimate of drug-likeness (QED) is 0.678. The van der Waals surface area contributed by atoms with Gasteiger partial charge in [-0.25, -0.2) is 0 Å². The van der Waals surface area contributed by atoms with E-state index >= 15 is 0 Å². The summed E-state index contributed by atoms with van der Waals surface area (Å²) >= 11 is 5.91. The second-order valence-corrected chi connectivity index (χ2v) is 6.40. The summed E-state index contributed by atoms with van der Waals surface area (Å²) in [4.78, 5) is -0.0418. The lowest BCUT2D eigenvalue weighted by Crippen LogP contribution is -2.10. The normalized spacial score (nSPS) is 11.5. The van der Waals surface area contributed by atoms with E-state index in [1.807, 2.05) is 30.3 Å². The van der Waals surface area contributed by atoms with E-state index in [-0.39, 0.29) is 15.7 Å². The Bertz CT molecular complexity index is 904. The minimum Gasteiger partial charge on any atom is -0.379 e. The Kier molecular flexibility index (Phi) is 3.57. The van der Waals surface area contributed by atoms with Crippen LogP contribution in [0.15, 0.2) is 71.6 Å². The van der Waals surface area contributed by atoms with Gasteiger partial charge in [0.05, 0.1) is 5.02 Å². The van der Waals surface area contributed by atoms with Crippen molar-refractivity contribution in [3.63, 3.8) is 0 Å². The van der Waals surface area contributed by atoms with Crippen molar-refractivity contribution in [2.75, 3.05) is 0 Å². The summed E-state index contributed by atoms with van der Waals surface area (Å²) in [6.45, 7) is 0. The van der Waals surface area contributed by atoms with Crippen molar-refractivity contribution in [3.05, 3.63) is 71.8 Å². The van der Waals surface area contributed by atoms with Crippen LogP contribution in [0.25, 0.3) is 10.8 Å². The minimum atomic E-state index is -3.94. The topological polar surface area (TPSA) is 43.4 Å². The Hall–Kier alpha value is -2.04. The molecule has 0 aliphatic carbocycles. The van der Waals surface area contributed by atoms with Gasteiger partial charge in [0.25, 0.3) is 0 Å². The molecule has 0 heterocycles. The molecule has 0 unspecified atom stereocenters. The summed E-state index contributed by atoms with van der Waals surface area (Å²) in [5, 5.41) is 2.06. The van der Waals surface area contributed by atoms with E-state index in [2.05, 4.69) is 0 Å². The van der Waals surface area contributed by atoms with E-state index < -0.39 is 10.1 Å². The second-order valence-electron chi connectivity index (χ2n) is 4.48. The first-order chi connectivity index (χ1) is 10.1. The van der Waals surface area contributed by atoms with Gasteiger partial charge in [0, 0.05) is 0 Å². The summed E-state index contributed by atoms with van der Waals surface area (Å²) in [6.07, 6.45) is 0. The molecule has 0 spiro atoms. The molecule has 3 aromatic rings. The maximum Gasteiger partial charge on any atom is 0.340 e. The monoisotopic (exact) mass is 318 g/mol. The molecule has 3 nitrogen and oxygen atoms in total. The van der Waals surface area contributed by atoms with E-state index in [0.29, 0.717) is 0 Å². The maximum absolute atomic E-state index is 12.3. The highest BCUT2D eigenvalue weighted by molar-refractivity contribution is 7.87. The van der Waals surface area contributed by atoms with Gasteiger partial charge in [-0.1, -0.05) is 54.1 Å². The number of hydrogen-bond acceptors (Lipinski definition) is 3. The highest BCUT2D eigenvalue weighted by atomic mass is 35.5. The Morgan fingerprint density at radius 2 is 1.48 bits per heavy atom. The molecule has 0 N–H and O–H groups in total. The molecule has 3 rings (SSSR count). The van der Waals surface area contributed by atoms with Crippen LogP contribution in [0.2, 0.25) is 5.02 Å². The van der Waals surface area contributed by atoms with Gasteiger partial charge in [0.2, 0.25) is 0 Å². The first-order valence-electron chi connectivity index (χ1n) is 6.24. The summed E-state index contributed by atoms with van der Waals surface area (Å²) in [5.74, 6) is 0.258. The fourth-order valence-electron chi connectivity index (χ4n) is 2.04. The fraction of sp³-hybridized carbons (Fsp3) is 0. The van der Waals surface area contributed by atoms with Crippen molar-refractivity contribution in [2.24, 2.45) is 0 Å². The molecule has 0 saturated heterocycles. The molecule has 21 heavy (non-hydrogen) atoms. The molecule has 106 valence electrons. The molecule has 0 atom stereocenters. The van der Waals surface area contributed by atoms with Gasteiger partial charge in [0.15, 0.2) is 0 Å². The van der Waals surface area contributed by atoms with Gasteiger partial charge in [-0.15, -0.1) is 0 Å². The van der Waals surface area contributed by atoms with Crippen molar-refractivity contribution in [2.45, 2.75) is 4.90 Å². The molecule has 0 aliphatic heterocycles. The van der Waals surface area contributed by atoms with Crippen LogP contribution in [0.5, 0.6) is 5.75 Å². The molecule has 0 fully saturated rings. The molecule has 0 radical (unpaired) electrons. The van der Waals surface area contributed by atoms with Gasteiger partial charge < -0.3 is 4.18 Å². The molecular formula is C16H11ClO3S. The molecule has 3 aromatic carbocycles. The van der Waals surface area contributed by atoms with E-state index in [1.54, 1.807) is 24.3 Å². The van der Waals surface area contributed by atoms with Gasteiger partial charge in [-0.05, 0) is 35.0 Å². The number of halogens is 1. The van der Waals surface area contributed by atoms with Crippen molar-refractivity contribution in [3.8, 4) is 5.75 Å². The first-order valence-corrected chi connectivity index (χ1v) is 8.03. The third-order valence-electron chi connectivity index (χ3n) is 3.03. The van der Waals surface area contributed by atoms with Crippen molar-refractivity contribution in [1.29, 1.82) is 0 Å². The highest BCUT2D eigenvalue weighted by Gasteiger charge is 2.19. The van der Waals surface area contributed by atoms with Gasteiger partial charge in [-0.2, -0.15) is 8.42 Å². The SMILES string of the molecule is O=S(=O)(Oc1ccc2ccccc2c1)c1ccccc1Cl. The smallest absolute Gasteiger partial charge is 0.340 e. The minimum absolute atomic E-state index is 0.0418. The van der Waals surface area contributed by atoms with Crippen LogP contribution < -0.4 is 4.18 Å². The molecular weight excluding hydrogens is 308 g/mol. The standard InChI is InChI=1S/C16H11ClO3S/c17-15-7-3-4-8-16(15)21(18,19)20-14-10-9-12-5-1-2-6-13(12)11-14/h1-11H. The van der Waals surface area contributed by atoms with Crippen LogP contribution in [0.1, 0.15) is 0 Å². The fourth-order valence-corrected chi connectivity index (χ4v) is 3.46. The van der Waals surface area contributed by atoms with Gasteiger partial charge >= 0.3 is 10.1 Å². The van der Waals surface area contributed by atoms with Crippen molar-refractivity contribution in [1.82, 2.24) is 0 Å². The summed E-state index contributed by atoms with van der Waals surface area (Å²) in [6, 6.07) is 19.0. The van der Waals surface area contributed by atoms with Crippen LogP contribution in [-0.4, -0.2) is 8.42 Å². The lowest BCUT2D eigenvalue weighted by Gasteiger charge is -2.09. The summed E-state index contributed by atoms with van der Waals surface area (Å²) < 4.78 is 29.7. The number of benzene rings is 3. The zero-order valence-electron chi connectivity index (χ0n) is 10.9. The molecule has 0 aliphatic rings. The number of rotatable bonds is 3. The second kappa shape index (κ2) is 5.39. The van der Waals surface area contributed by atoms with Gasteiger partial charge in [0.1, 0.15) is 10.6 Å². The lowest BCUT2D eigenvalue weighted by atomic mass is 10.1. The lowest BCUT2D eigenvalue weighted by molar-refractivity contribution is 0.486. The van der Waals surface area contributed by atoms with E-state index in [4.69, 9.17) is 15.8 Å². The van der Waals surface area contributed by atoms with Gasteiger partial charge in [-0.3, -0.25) is 0 Å². The zero-order valence-corrected chi connectivity index (χ0v) is 12.4. The summed E-state index contributed by atoms with van der Waals surface area (Å²) in [5.41, 5.74) is 0. The average Bonchev–Trinajstić information content (AvgIpc) is 2.47. The Morgan fingerprint density at radius 3 is 2.24 bits per heavy atom. The van der Waals surface area contributed by atoms with E-state index in [0.717, 1.165) is 10.8 Å². The molecule has 0 bridgehead atoms. The Balaban J connectivity index is 1.99. The number of fused-ring (bicyclic) bond motifs is 1. The zero-order chi connectivity index (χ0) is 14.9. The third-order valence-corrected chi connectivity index (χ3v) is 4.78. The van der Waals surface area contributed by atoms with Crippen molar-refractivity contribution >= 4 is 32.5 Å². The average molecular weight is 319 g/mol. The molecule has 0 aromatic heterocycles. The molecule has 0 amide bonds. The predicted octanol–water partition coefficient (Wildman–Crippen LogP) is 4.26. The van der Waals surface area contributed by atoms with Crippen LogP contribution in [-0.2, 0) is 10.1 Å². The first kappa shape index (κ1) is 13.9. The van der Waals surface area contributed by atoms with Crippen LogP contribution >= 0.6 is 11.6 Å². The Labute approximate surface area is 127 Å². The van der Waals surface area contributed by atoms with Crippen LogP contribution in [0.3, 0.4) is 0 Å². The van der Waals surface area contributed by atoms with Crippen LogP contribution in [0.4, 0.5) is 0 Å². The number of hydrogen-bond donors (Lipinski definition) is 0. The van der Waals surface area contributed by atoms with Crippen molar-refractivity contribution < 1.29 is 12.6 Å². The predicted molar refractivity (Wildman–Crippen MR) is 83.2 cm³/mol. The van der Waals surface area contributed by atoms with E-state index in [9.17, 15) is 8.42 Å². The maximum atomic E-state index is 12.3. The largest absolute Gasteiger partial charge is 0.379 e. The van der Waals surface area contributed by atoms with E-state index in [1.165, 1.54) is 12.1 Å². The third kappa shape index (κ3) is 2.86. The summed E-state index contributed by atoms with van der Waals surface area (Å²) in [7, 11) is -3.94. The molecule has 0 saturated carbocycles. The van der Waals surface area contributed by atoms with Crippen LogP contribution in [0, 0.1) is 0 Å².